The van der Waals surface area contributed by atoms with E-state index in [0.717, 1.165) is 29.6 Å². The van der Waals surface area contributed by atoms with Crippen LogP contribution in [0.25, 0.3) is 10.8 Å². The molecule has 3 N–H and O–H groups in total. The summed E-state index contributed by atoms with van der Waals surface area (Å²) in [6, 6.07) is 3.79. The van der Waals surface area contributed by atoms with E-state index in [1.807, 2.05) is 12.1 Å². The number of hydrogen-bond acceptors (Lipinski definition) is 6. The molecular weight excluding hydrogens is 270 g/mol. The molecule has 1 heterocycles. The van der Waals surface area contributed by atoms with Crippen molar-refractivity contribution in [1.29, 1.82) is 0 Å². The topological polar surface area (TPSA) is 78.6 Å². The molecule has 21 heavy (non-hydrogen) atoms. The number of benzene rings is 1. The smallest absolute Gasteiger partial charge is 0.203 e. The molecule has 0 aliphatic carbocycles. The Kier molecular flexibility index (Phi) is 5.05. The Bertz CT molecular complexity index is 617. The second-order valence-electron chi connectivity index (χ2n) is 4.47. The number of hydrogen-bond donors (Lipinski definition) is 2. The largest absolute Gasteiger partial charge is 0.493 e. The van der Waals surface area contributed by atoms with Crippen molar-refractivity contribution in [2.24, 2.45) is 5.73 Å². The Balaban J connectivity index is 2.58. The van der Waals surface area contributed by atoms with Crippen LogP contribution in [0.3, 0.4) is 0 Å². The van der Waals surface area contributed by atoms with Crippen LogP contribution < -0.4 is 25.3 Å². The highest BCUT2D eigenvalue weighted by Gasteiger charge is 2.17. The number of rotatable bonds is 7. The summed E-state index contributed by atoms with van der Waals surface area (Å²) in [5.41, 5.74) is 5.52. The van der Waals surface area contributed by atoms with Gasteiger partial charge >= 0.3 is 0 Å². The highest BCUT2D eigenvalue weighted by molar-refractivity contribution is 5.99. The van der Waals surface area contributed by atoms with Gasteiger partial charge in [-0.15, -0.1) is 0 Å². The second-order valence-corrected chi connectivity index (χ2v) is 4.47. The quantitative estimate of drug-likeness (QED) is 0.760. The molecule has 1 aromatic heterocycles. The average Bonchev–Trinajstić information content (AvgIpc) is 2.53. The molecule has 0 saturated heterocycles. The lowest BCUT2D eigenvalue weighted by Gasteiger charge is -2.16. The molecule has 0 saturated carbocycles. The summed E-state index contributed by atoms with van der Waals surface area (Å²) < 4.78 is 16.3. The summed E-state index contributed by atoms with van der Waals surface area (Å²) in [7, 11) is 4.80. The zero-order chi connectivity index (χ0) is 15.2. The molecule has 0 aliphatic rings. The lowest BCUT2D eigenvalue weighted by molar-refractivity contribution is 0.327. The minimum Gasteiger partial charge on any atom is -0.493 e. The van der Waals surface area contributed by atoms with Crippen LogP contribution in [0.5, 0.6) is 17.2 Å². The fourth-order valence-electron chi connectivity index (χ4n) is 2.25. The van der Waals surface area contributed by atoms with Crippen molar-refractivity contribution in [2.75, 3.05) is 39.7 Å². The zero-order valence-electron chi connectivity index (χ0n) is 12.6. The van der Waals surface area contributed by atoms with Gasteiger partial charge in [0.1, 0.15) is 5.82 Å². The van der Waals surface area contributed by atoms with Gasteiger partial charge < -0.3 is 25.3 Å². The third-order valence-corrected chi connectivity index (χ3v) is 3.24. The Hall–Kier alpha value is -2.21. The first-order valence-electron chi connectivity index (χ1n) is 6.78. The third kappa shape index (κ3) is 2.95. The zero-order valence-corrected chi connectivity index (χ0v) is 12.6. The summed E-state index contributed by atoms with van der Waals surface area (Å²) in [6.07, 6.45) is 2.62. The van der Waals surface area contributed by atoms with Crippen molar-refractivity contribution < 1.29 is 14.2 Å². The van der Waals surface area contributed by atoms with E-state index in [1.54, 1.807) is 27.5 Å². The molecular formula is C15H21N3O3. The SMILES string of the molecule is COc1cc2c(NCCCN)nccc2c(OC)c1OC. The minimum atomic E-state index is 0.576. The number of ether oxygens (including phenoxy) is 3. The van der Waals surface area contributed by atoms with Gasteiger partial charge in [0, 0.05) is 23.5 Å². The van der Waals surface area contributed by atoms with Gasteiger partial charge in [-0.1, -0.05) is 0 Å². The number of aromatic nitrogens is 1. The van der Waals surface area contributed by atoms with Crippen LogP contribution in [-0.2, 0) is 0 Å². The van der Waals surface area contributed by atoms with E-state index in [1.165, 1.54) is 0 Å². The maximum atomic E-state index is 5.52. The molecule has 0 atom stereocenters. The normalized spacial score (nSPS) is 10.5. The lowest BCUT2D eigenvalue weighted by Crippen LogP contribution is -2.09. The van der Waals surface area contributed by atoms with Gasteiger partial charge in [0.2, 0.25) is 5.75 Å². The van der Waals surface area contributed by atoms with Gasteiger partial charge in [0.25, 0.3) is 0 Å². The molecule has 0 aliphatic heterocycles. The standard InChI is InChI=1S/C15H21N3O3/c1-19-12-9-11-10(13(20-2)14(12)21-3)5-8-18-15(11)17-7-4-6-16/h5,8-9H,4,6-7,16H2,1-3H3,(H,17,18). The number of nitrogens with one attached hydrogen (secondary N) is 1. The van der Waals surface area contributed by atoms with Gasteiger partial charge in [-0.3, -0.25) is 0 Å². The number of nitrogens with zero attached hydrogens (tertiary/aromatic N) is 1. The maximum Gasteiger partial charge on any atom is 0.203 e. The van der Waals surface area contributed by atoms with Gasteiger partial charge in [-0.2, -0.15) is 0 Å². The van der Waals surface area contributed by atoms with Crippen molar-refractivity contribution in [1.82, 2.24) is 4.98 Å². The summed E-state index contributed by atoms with van der Waals surface area (Å²) in [4.78, 5) is 4.38. The predicted octanol–water partition coefficient (Wildman–Crippen LogP) is 2.02. The minimum absolute atomic E-state index is 0.576. The van der Waals surface area contributed by atoms with E-state index in [4.69, 9.17) is 19.9 Å². The molecule has 6 nitrogen and oxygen atoms in total. The van der Waals surface area contributed by atoms with E-state index in [9.17, 15) is 0 Å². The van der Waals surface area contributed by atoms with Crippen LogP contribution in [0.1, 0.15) is 6.42 Å². The molecule has 0 amide bonds. The highest BCUT2D eigenvalue weighted by Crippen LogP contribution is 2.44. The lowest BCUT2D eigenvalue weighted by atomic mass is 10.1. The first-order valence-corrected chi connectivity index (χ1v) is 6.78. The molecule has 0 radical (unpaired) electrons. The molecule has 0 spiro atoms. The van der Waals surface area contributed by atoms with E-state index < -0.39 is 0 Å². The van der Waals surface area contributed by atoms with Crippen LogP contribution in [0.15, 0.2) is 18.3 Å². The Morgan fingerprint density at radius 2 is 1.86 bits per heavy atom. The van der Waals surface area contributed by atoms with Gasteiger partial charge in [-0.25, -0.2) is 4.98 Å². The molecule has 6 heteroatoms. The van der Waals surface area contributed by atoms with Gasteiger partial charge in [-0.05, 0) is 25.1 Å². The van der Waals surface area contributed by atoms with E-state index >= 15 is 0 Å². The highest BCUT2D eigenvalue weighted by atomic mass is 16.5. The first-order chi connectivity index (χ1) is 10.3. The Morgan fingerprint density at radius 1 is 1.10 bits per heavy atom. The number of pyridine rings is 1. The fraction of sp³-hybridized carbons (Fsp3) is 0.400. The molecule has 114 valence electrons. The monoisotopic (exact) mass is 291 g/mol. The Labute approximate surface area is 124 Å². The summed E-state index contributed by atoms with van der Waals surface area (Å²) in [6.45, 7) is 1.40. The number of anilines is 1. The molecule has 0 fully saturated rings. The molecule has 1 aromatic carbocycles. The van der Waals surface area contributed by atoms with E-state index in [0.29, 0.717) is 23.8 Å². The molecule has 2 rings (SSSR count). The van der Waals surface area contributed by atoms with E-state index in [2.05, 4.69) is 10.3 Å². The predicted molar refractivity (Wildman–Crippen MR) is 83.6 cm³/mol. The fourth-order valence-corrected chi connectivity index (χ4v) is 2.25. The van der Waals surface area contributed by atoms with Crippen LogP contribution in [0.2, 0.25) is 0 Å². The molecule has 2 aromatic rings. The Morgan fingerprint density at radius 3 is 2.48 bits per heavy atom. The molecule has 0 unspecified atom stereocenters. The van der Waals surface area contributed by atoms with Crippen molar-refractivity contribution >= 4 is 16.6 Å². The van der Waals surface area contributed by atoms with Gasteiger partial charge in [0.05, 0.1) is 21.3 Å². The van der Waals surface area contributed by atoms with Crippen LogP contribution in [-0.4, -0.2) is 39.4 Å². The number of nitrogens with two attached hydrogens (primary N) is 1. The van der Waals surface area contributed by atoms with Crippen LogP contribution in [0.4, 0.5) is 5.82 Å². The maximum absolute atomic E-state index is 5.52. The summed E-state index contributed by atoms with van der Waals surface area (Å²) in [5, 5.41) is 5.12. The number of fused-ring (bicyclic) bond motifs is 1. The third-order valence-electron chi connectivity index (χ3n) is 3.24. The van der Waals surface area contributed by atoms with Crippen LogP contribution >= 0.6 is 0 Å². The van der Waals surface area contributed by atoms with E-state index in [-0.39, 0.29) is 0 Å². The van der Waals surface area contributed by atoms with Crippen molar-refractivity contribution in [3.63, 3.8) is 0 Å². The second kappa shape index (κ2) is 6.99. The van der Waals surface area contributed by atoms with Crippen molar-refractivity contribution in [2.45, 2.75) is 6.42 Å². The summed E-state index contributed by atoms with van der Waals surface area (Å²) >= 11 is 0. The van der Waals surface area contributed by atoms with Gasteiger partial charge in [0.15, 0.2) is 11.5 Å². The molecule has 0 bridgehead atoms. The number of methoxy groups -OCH3 is 3. The first kappa shape index (κ1) is 15.2. The average molecular weight is 291 g/mol. The van der Waals surface area contributed by atoms with Crippen molar-refractivity contribution in [3.8, 4) is 17.2 Å². The van der Waals surface area contributed by atoms with Crippen molar-refractivity contribution in [3.05, 3.63) is 18.3 Å². The summed E-state index contributed by atoms with van der Waals surface area (Å²) in [5.74, 6) is 2.60. The van der Waals surface area contributed by atoms with Crippen LogP contribution in [0, 0.1) is 0 Å².